The molecular formula is C20H23NO4. The molecule has 0 N–H and O–H groups in total. The number of rotatable bonds is 5. The second-order valence-corrected chi connectivity index (χ2v) is 6.49. The summed E-state index contributed by atoms with van der Waals surface area (Å²) in [5.74, 6) is 0.450. The number of nitrogens with zero attached hydrogens (tertiary/aromatic N) is 1. The van der Waals surface area contributed by atoms with Gasteiger partial charge in [-0.2, -0.15) is 0 Å². The smallest absolute Gasteiger partial charge is 0.341 e. The number of esters is 1. The average molecular weight is 341 g/mol. The molecule has 0 aliphatic heterocycles. The fourth-order valence-electron chi connectivity index (χ4n) is 2.27. The number of hydrogen-bond acceptors (Lipinski definition) is 5. The molecule has 1 aromatic carbocycles. The van der Waals surface area contributed by atoms with Gasteiger partial charge in [-0.1, -0.05) is 39.0 Å². The molecule has 1 heterocycles. The molecule has 0 atom stereocenters. The van der Waals surface area contributed by atoms with E-state index in [1.807, 2.05) is 24.3 Å². The molecule has 0 saturated heterocycles. The fourth-order valence-corrected chi connectivity index (χ4v) is 2.27. The molecular weight excluding hydrogens is 318 g/mol. The van der Waals surface area contributed by atoms with Crippen molar-refractivity contribution < 1.29 is 19.0 Å². The molecule has 5 nitrogen and oxygen atoms in total. The Kier molecular flexibility index (Phi) is 5.80. The van der Waals surface area contributed by atoms with E-state index in [-0.39, 0.29) is 11.0 Å². The monoisotopic (exact) mass is 341 g/mol. The predicted octanol–water partition coefficient (Wildman–Crippen LogP) is 4.33. The number of hydrogen-bond donors (Lipinski definition) is 0. The van der Waals surface area contributed by atoms with Crippen LogP contribution in [0, 0.1) is 0 Å². The minimum atomic E-state index is -0.505. The van der Waals surface area contributed by atoms with Crippen molar-refractivity contribution in [1.29, 1.82) is 0 Å². The van der Waals surface area contributed by atoms with Crippen LogP contribution >= 0.6 is 0 Å². The van der Waals surface area contributed by atoms with Crippen LogP contribution in [-0.4, -0.2) is 25.2 Å². The summed E-state index contributed by atoms with van der Waals surface area (Å²) in [4.78, 5) is 16.3. The van der Waals surface area contributed by atoms with Crippen molar-refractivity contribution >= 4 is 11.5 Å². The molecule has 0 amide bonds. The number of para-hydroxylation sites is 1. The molecule has 2 aromatic rings. The lowest BCUT2D eigenvalue weighted by Crippen LogP contribution is -2.11. The maximum Gasteiger partial charge on any atom is 0.341 e. The molecule has 0 bridgehead atoms. The zero-order chi connectivity index (χ0) is 18.4. The van der Waals surface area contributed by atoms with Gasteiger partial charge in [0.05, 0.1) is 20.5 Å². The molecule has 1 aromatic heterocycles. The molecule has 0 fully saturated rings. The van der Waals surface area contributed by atoms with Gasteiger partial charge in [-0.05, 0) is 23.1 Å². The number of carbonyl (C=O) groups excluding carboxylic acids is 1. The minimum absolute atomic E-state index is 0.0201. The lowest BCUT2D eigenvalue weighted by Gasteiger charge is -2.19. The topological polar surface area (TPSA) is 57.7 Å². The summed E-state index contributed by atoms with van der Waals surface area (Å²) >= 11 is 0. The van der Waals surface area contributed by atoms with Gasteiger partial charge in [0.15, 0.2) is 0 Å². The van der Waals surface area contributed by atoms with E-state index in [1.54, 1.807) is 18.3 Å². The van der Waals surface area contributed by atoms with Crippen LogP contribution in [-0.2, 0) is 19.7 Å². The second-order valence-electron chi connectivity index (χ2n) is 6.49. The van der Waals surface area contributed by atoms with Crippen LogP contribution in [0.15, 0.2) is 48.9 Å². The molecule has 25 heavy (non-hydrogen) atoms. The SMILES string of the molecule is CO/C=C(/C(=O)OC)c1ccccc1Oc1cc(C(C)(C)C)ccn1. The third-order valence-corrected chi connectivity index (χ3v) is 3.63. The third kappa shape index (κ3) is 4.59. The van der Waals surface area contributed by atoms with Crippen LogP contribution in [0.3, 0.4) is 0 Å². The van der Waals surface area contributed by atoms with Crippen molar-refractivity contribution in [3.8, 4) is 11.6 Å². The third-order valence-electron chi connectivity index (χ3n) is 3.63. The Labute approximate surface area is 148 Å². The van der Waals surface area contributed by atoms with Gasteiger partial charge in [0.2, 0.25) is 5.88 Å². The van der Waals surface area contributed by atoms with Gasteiger partial charge in [0.1, 0.15) is 11.3 Å². The average Bonchev–Trinajstić information content (AvgIpc) is 2.59. The molecule has 0 unspecified atom stereocenters. The molecule has 0 radical (unpaired) electrons. The van der Waals surface area contributed by atoms with Crippen molar-refractivity contribution in [3.63, 3.8) is 0 Å². The number of carbonyl (C=O) groups is 1. The highest BCUT2D eigenvalue weighted by atomic mass is 16.5. The maximum atomic E-state index is 12.1. The Morgan fingerprint density at radius 3 is 2.48 bits per heavy atom. The van der Waals surface area contributed by atoms with E-state index in [1.165, 1.54) is 20.5 Å². The van der Waals surface area contributed by atoms with Gasteiger partial charge < -0.3 is 14.2 Å². The highest BCUT2D eigenvalue weighted by Crippen LogP contribution is 2.32. The summed E-state index contributed by atoms with van der Waals surface area (Å²) in [6.07, 6.45) is 3.05. The first kappa shape index (κ1) is 18.5. The van der Waals surface area contributed by atoms with Crippen LogP contribution in [0.25, 0.3) is 5.57 Å². The lowest BCUT2D eigenvalue weighted by atomic mass is 9.88. The van der Waals surface area contributed by atoms with E-state index < -0.39 is 5.97 Å². The van der Waals surface area contributed by atoms with Crippen LogP contribution in [0.4, 0.5) is 0 Å². The second kappa shape index (κ2) is 7.83. The Hall–Kier alpha value is -2.82. The number of methoxy groups -OCH3 is 2. The molecule has 5 heteroatoms. The molecule has 0 aliphatic carbocycles. The van der Waals surface area contributed by atoms with Crippen LogP contribution in [0.2, 0.25) is 0 Å². The van der Waals surface area contributed by atoms with Gasteiger partial charge >= 0.3 is 5.97 Å². The molecule has 2 rings (SSSR count). The fraction of sp³-hybridized carbons (Fsp3) is 0.300. The first-order chi connectivity index (χ1) is 11.9. The van der Waals surface area contributed by atoms with E-state index in [9.17, 15) is 4.79 Å². The lowest BCUT2D eigenvalue weighted by molar-refractivity contribution is -0.133. The zero-order valence-corrected chi connectivity index (χ0v) is 15.2. The Morgan fingerprint density at radius 1 is 1.12 bits per heavy atom. The van der Waals surface area contributed by atoms with Gasteiger partial charge in [0, 0.05) is 17.8 Å². The number of benzene rings is 1. The molecule has 0 aliphatic rings. The minimum Gasteiger partial charge on any atom is -0.503 e. The van der Waals surface area contributed by atoms with Crippen LogP contribution in [0.5, 0.6) is 11.6 Å². The summed E-state index contributed by atoms with van der Waals surface area (Å²) in [6, 6.07) is 11.0. The first-order valence-corrected chi connectivity index (χ1v) is 7.92. The quantitative estimate of drug-likeness (QED) is 0.460. The zero-order valence-electron chi connectivity index (χ0n) is 15.2. The Morgan fingerprint density at radius 2 is 1.84 bits per heavy atom. The van der Waals surface area contributed by atoms with Crippen molar-refractivity contribution in [1.82, 2.24) is 4.98 Å². The van der Waals surface area contributed by atoms with Crippen molar-refractivity contribution in [2.24, 2.45) is 0 Å². The summed E-state index contributed by atoms with van der Waals surface area (Å²) in [5.41, 5.74) is 1.93. The van der Waals surface area contributed by atoms with Gasteiger partial charge in [-0.25, -0.2) is 9.78 Å². The standard InChI is InChI=1S/C20H23NO4/c1-20(2,3)14-10-11-21-18(12-14)25-17-9-7-6-8-15(17)16(13-23-4)19(22)24-5/h6-13H,1-5H3/b16-13+. The normalized spacial score (nSPS) is 11.8. The highest BCUT2D eigenvalue weighted by molar-refractivity contribution is 6.17. The van der Waals surface area contributed by atoms with Crippen LogP contribution in [0.1, 0.15) is 31.9 Å². The van der Waals surface area contributed by atoms with E-state index >= 15 is 0 Å². The van der Waals surface area contributed by atoms with Crippen molar-refractivity contribution in [3.05, 3.63) is 60.0 Å². The molecule has 0 saturated carbocycles. The van der Waals surface area contributed by atoms with Gasteiger partial charge in [-0.15, -0.1) is 0 Å². The van der Waals surface area contributed by atoms with Crippen molar-refractivity contribution in [2.45, 2.75) is 26.2 Å². The number of pyridine rings is 1. The molecule has 0 spiro atoms. The highest BCUT2D eigenvalue weighted by Gasteiger charge is 2.19. The van der Waals surface area contributed by atoms with Gasteiger partial charge in [-0.3, -0.25) is 0 Å². The maximum absolute atomic E-state index is 12.1. The van der Waals surface area contributed by atoms with E-state index in [0.717, 1.165) is 5.56 Å². The van der Waals surface area contributed by atoms with E-state index in [0.29, 0.717) is 17.2 Å². The van der Waals surface area contributed by atoms with Crippen LogP contribution < -0.4 is 4.74 Å². The Balaban J connectivity index is 2.42. The number of aromatic nitrogens is 1. The predicted molar refractivity (Wildman–Crippen MR) is 96.5 cm³/mol. The Bertz CT molecular complexity index is 775. The summed E-state index contributed by atoms with van der Waals surface area (Å²) < 4.78 is 15.8. The summed E-state index contributed by atoms with van der Waals surface area (Å²) in [5, 5.41) is 0. The first-order valence-electron chi connectivity index (χ1n) is 7.92. The summed E-state index contributed by atoms with van der Waals surface area (Å²) in [7, 11) is 2.80. The number of ether oxygens (including phenoxy) is 3. The molecule has 132 valence electrons. The summed E-state index contributed by atoms with van der Waals surface area (Å²) in [6.45, 7) is 6.37. The van der Waals surface area contributed by atoms with Crippen molar-refractivity contribution in [2.75, 3.05) is 14.2 Å². The van der Waals surface area contributed by atoms with E-state index in [4.69, 9.17) is 14.2 Å². The van der Waals surface area contributed by atoms with E-state index in [2.05, 4.69) is 25.8 Å². The van der Waals surface area contributed by atoms with Gasteiger partial charge in [0.25, 0.3) is 0 Å². The largest absolute Gasteiger partial charge is 0.503 e.